The highest BCUT2D eigenvalue weighted by Crippen LogP contribution is 2.19. The lowest BCUT2D eigenvalue weighted by Gasteiger charge is -2.26. The number of hydrogen-bond donors (Lipinski definition) is 2. The molecular weight excluding hydrogens is 190 g/mol. The standard InChI is InChI=1S/C12H19NO2/c1-3-13(8-11(15)9-14)12-7-5-4-6-10(12)2/h4-7,11,14-15H,3,8-9H2,1-2H3. The fourth-order valence-corrected chi connectivity index (χ4v) is 1.63. The van der Waals surface area contributed by atoms with Crippen LogP contribution in [0.2, 0.25) is 0 Å². The first kappa shape index (κ1) is 12.0. The molecule has 0 aliphatic rings. The van der Waals surface area contributed by atoms with Crippen LogP contribution < -0.4 is 4.90 Å². The Morgan fingerprint density at radius 3 is 2.53 bits per heavy atom. The number of rotatable bonds is 5. The van der Waals surface area contributed by atoms with Crippen molar-refractivity contribution in [3.8, 4) is 0 Å². The molecule has 3 heteroatoms. The van der Waals surface area contributed by atoms with Gasteiger partial charge >= 0.3 is 0 Å². The van der Waals surface area contributed by atoms with Crippen LogP contribution in [0.15, 0.2) is 24.3 Å². The Bertz CT molecular complexity index is 301. The van der Waals surface area contributed by atoms with Gasteiger partial charge in [-0.25, -0.2) is 0 Å². The summed E-state index contributed by atoms with van der Waals surface area (Å²) in [4.78, 5) is 2.07. The van der Waals surface area contributed by atoms with E-state index in [9.17, 15) is 5.11 Å². The highest BCUT2D eigenvalue weighted by Gasteiger charge is 2.11. The van der Waals surface area contributed by atoms with Crippen LogP contribution in [-0.2, 0) is 0 Å². The molecule has 0 bridgehead atoms. The number of hydrogen-bond acceptors (Lipinski definition) is 3. The first-order valence-corrected chi connectivity index (χ1v) is 5.28. The second kappa shape index (κ2) is 5.73. The highest BCUT2D eigenvalue weighted by atomic mass is 16.3. The van der Waals surface area contributed by atoms with E-state index in [1.54, 1.807) is 0 Å². The molecule has 0 fully saturated rings. The third-order valence-electron chi connectivity index (χ3n) is 2.48. The van der Waals surface area contributed by atoms with Crippen molar-refractivity contribution in [1.29, 1.82) is 0 Å². The average molecular weight is 209 g/mol. The third-order valence-corrected chi connectivity index (χ3v) is 2.48. The van der Waals surface area contributed by atoms with Gasteiger partial charge in [-0.05, 0) is 25.5 Å². The van der Waals surface area contributed by atoms with Crippen LogP contribution in [0, 0.1) is 6.92 Å². The number of aliphatic hydroxyl groups excluding tert-OH is 2. The molecule has 1 atom stereocenters. The molecule has 0 amide bonds. The molecular formula is C12H19NO2. The number of likely N-dealkylation sites (N-methyl/N-ethyl adjacent to an activating group) is 1. The molecule has 0 saturated heterocycles. The lowest BCUT2D eigenvalue weighted by atomic mass is 10.1. The Labute approximate surface area is 91.0 Å². The monoisotopic (exact) mass is 209 g/mol. The Balaban J connectivity index is 2.78. The smallest absolute Gasteiger partial charge is 0.0945 e. The van der Waals surface area contributed by atoms with Crippen LogP contribution >= 0.6 is 0 Å². The van der Waals surface area contributed by atoms with E-state index in [-0.39, 0.29) is 6.61 Å². The van der Waals surface area contributed by atoms with E-state index < -0.39 is 6.10 Å². The van der Waals surface area contributed by atoms with Crippen LogP contribution in [0.25, 0.3) is 0 Å². The number of para-hydroxylation sites is 1. The van der Waals surface area contributed by atoms with Gasteiger partial charge in [0.2, 0.25) is 0 Å². The van der Waals surface area contributed by atoms with E-state index in [1.807, 2.05) is 38.1 Å². The molecule has 0 aliphatic carbocycles. The summed E-state index contributed by atoms with van der Waals surface area (Å²) in [5.74, 6) is 0. The Morgan fingerprint density at radius 2 is 2.00 bits per heavy atom. The van der Waals surface area contributed by atoms with E-state index in [1.165, 1.54) is 5.56 Å². The minimum atomic E-state index is -0.676. The normalized spacial score (nSPS) is 12.5. The summed E-state index contributed by atoms with van der Waals surface area (Å²) < 4.78 is 0. The van der Waals surface area contributed by atoms with Crippen molar-refractivity contribution in [2.45, 2.75) is 20.0 Å². The van der Waals surface area contributed by atoms with Crippen LogP contribution in [0.1, 0.15) is 12.5 Å². The largest absolute Gasteiger partial charge is 0.394 e. The van der Waals surface area contributed by atoms with Gasteiger partial charge in [0.1, 0.15) is 0 Å². The molecule has 0 aromatic heterocycles. The molecule has 0 saturated carbocycles. The highest BCUT2D eigenvalue weighted by molar-refractivity contribution is 5.52. The molecule has 2 N–H and O–H groups in total. The summed E-state index contributed by atoms with van der Waals surface area (Å²) >= 11 is 0. The molecule has 0 heterocycles. The van der Waals surface area contributed by atoms with Crippen molar-refractivity contribution in [1.82, 2.24) is 0 Å². The van der Waals surface area contributed by atoms with E-state index >= 15 is 0 Å². The van der Waals surface area contributed by atoms with Gasteiger partial charge < -0.3 is 15.1 Å². The van der Waals surface area contributed by atoms with Crippen molar-refractivity contribution in [2.75, 3.05) is 24.6 Å². The molecule has 0 spiro atoms. The van der Waals surface area contributed by atoms with Gasteiger partial charge in [-0.15, -0.1) is 0 Å². The molecule has 1 aromatic carbocycles. The number of benzene rings is 1. The van der Waals surface area contributed by atoms with Gasteiger partial charge in [-0.1, -0.05) is 18.2 Å². The number of aliphatic hydroxyl groups is 2. The number of anilines is 1. The fraction of sp³-hybridized carbons (Fsp3) is 0.500. The summed E-state index contributed by atoms with van der Waals surface area (Å²) in [5.41, 5.74) is 2.30. The van der Waals surface area contributed by atoms with Gasteiger partial charge in [0, 0.05) is 18.8 Å². The second-order valence-electron chi connectivity index (χ2n) is 3.66. The zero-order valence-corrected chi connectivity index (χ0v) is 9.35. The number of aryl methyl sites for hydroxylation is 1. The fourth-order valence-electron chi connectivity index (χ4n) is 1.63. The summed E-state index contributed by atoms with van der Waals surface area (Å²) in [5, 5.41) is 18.2. The van der Waals surface area contributed by atoms with Crippen LogP contribution in [0.4, 0.5) is 5.69 Å². The molecule has 1 rings (SSSR count). The van der Waals surface area contributed by atoms with Gasteiger partial charge in [-0.2, -0.15) is 0 Å². The minimum absolute atomic E-state index is 0.192. The van der Waals surface area contributed by atoms with E-state index in [0.717, 1.165) is 12.2 Å². The number of nitrogens with zero attached hydrogens (tertiary/aromatic N) is 1. The zero-order valence-electron chi connectivity index (χ0n) is 9.35. The van der Waals surface area contributed by atoms with Crippen molar-refractivity contribution in [3.63, 3.8) is 0 Å². The molecule has 3 nitrogen and oxygen atoms in total. The molecule has 0 aliphatic heterocycles. The molecule has 84 valence electrons. The van der Waals surface area contributed by atoms with Crippen LogP contribution in [-0.4, -0.2) is 36.0 Å². The maximum atomic E-state index is 9.42. The lowest BCUT2D eigenvalue weighted by molar-refractivity contribution is 0.100. The Kier molecular flexibility index (Phi) is 4.59. The summed E-state index contributed by atoms with van der Waals surface area (Å²) in [7, 11) is 0. The predicted octanol–water partition coefficient (Wildman–Crippen LogP) is 1.17. The van der Waals surface area contributed by atoms with Crippen molar-refractivity contribution in [2.24, 2.45) is 0 Å². The van der Waals surface area contributed by atoms with E-state index in [0.29, 0.717) is 6.54 Å². The van der Waals surface area contributed by atoms with Crippen LogP contribution in [0.5, 0.6) is 0 Å². The third kappa shape index (κ3) is 3.22. The lowest BCUT2D eigenvalue weighted by Crippen LogP contribution is -2.34. The molecule has 1 unspecified atom stereocenters. The summed E-state index contributed by atoms with van der Waals surface area (Å²) in [6.07, 6.45) is -0.676. The summed E-state index contributed by atoms with van der Waals surface area (Å²) in [6.45, 7) is 5.18. The average Bonchev–Trinajstić information content (AvgIpc) is 2.26. The van der Waals surface area contributed by atoms with Gasteiger partial charge in [-0.3, -0.25) is 0 Å². The van der Waals surface area contributed by atoms with Crippen molar-refractivity contribution >= 4 is 5.69 Å². The molecule has 0 radical (unpaired) electrons. The maximum absolute atomic E-state index is 9.42. The summed E-state index contributed by atoms with van der Waals surface area (Å²) in [6, 6.07) is 8.05. The Morgan fingerprint density at radius 1 is 1.33 bits per heavy atom. The topological polar surface area (TPSA) is 43.7 Å². The van der Waals surface area contributed by atoms with Crippen LogP contribution in [0.3, 0.4) is 0 Å². The SMILES string of the molecule is CCN(CC(O)CO)c1ccccc1C. The second-order valence-corrected chi connectivity index (χ2v) is 3.66. The molecule has 1 aromatic rings. The van der Waals surface area contributed by atoms with Crippen molar-refractivity contribution < 1.29 is 10.2 Å². The molecule has 15 heavy (non-hydrogen) atoms. The maximum Gasteiger partial charge on any atom is 0.0945 e. The van der Waals surface area contributed by atoms with Gasteiger partial charge in [0.15, 0.2) is 0 Å². The zero-order chi connectivity index (χ0) is 11.3. The van der Waals surface area contributed by atoms with E-state index in [2.05, 4.69) is 4.90 Å². The predicted molar refractivity (Wildman–Crippen MR) is 62.2 cm³/mol. The van der Waals surface area contributed by atoms with E-state index in [4.69, 9.17) is 5.11 Å². The van der Waals surface area contributed by atoms with Gasteiger partial charge in [0.05, 0.1) is 12.7 Å². The first-order chi connectivity index (χ1) is 7.19. The quantitative estimate of drug-likeness (QED) is 0.765. The van der Waals surface area contributed by atoms with Crippen molar-refractivity contribution in [3.05, 3.63) is 29.8 Å². The minimum Gasteiger partial charge on any atom is -0.394 e. The van der Waals surface area contributed by atoms with Gasteiger partial charge in [0.25, 0.3) is 0 Å². The first-order valence-electron chi connectivity index (χ1n) is 5.28. The Hall–Kier alpha value is -1.06.